The van der Waals surface area contributed by atoms with E-state index in [9.17, 15) is 28.8 Å². The van der Waals surface area contributed by atoms with Crippen LogP contribution < -0.4 is 18.9 Å². The van der Waals surface area contributed by atoms with Crippen molar-refractivity contribution in [2.75, 3.05) is 27.1 Å². The highest BCUT2D eigenvalue weighted by Gasteiger charge is 2.55. The third kappa shape index (κ3) is 7.30. The maximum absolute atomic E-state index is 14.5. The number of nitrogens with zero attached hydrogens (tertiary/aromatic N) is 3. The van der Waals surface area contributed by atoms with E-state index in [4.69, 9.17) is 42.6 Å². The van der Waals surface area contributed by atoms with Crippen LogP contribution in [-0.2, 0) is 49.4 Å². The quantitative estimate of drug-likeness (QED) is 0.191. The van der Waals surface area contributed by atoms with E-state index in [2.05, 4.69) is 4.98 Å². The largest absolute Gasteiger partial charge is 0.493 e. The number of benzene rings is 2. The number of aryl methyl sites for hydroxylation is 1. The number of imidazole rings is 1. The van der Waals surface area contributed by atoms with Crippen molar-refractivity contribution >= 4 is 35.6 Å². The van der Waals surface area contributed by atoms with Crippen molar-refractivity contribution in [3.8, 4) is 23.0 Å². The molecule has 296 valence electrons. The smallest absolute Gasteiger partial charge is 0.303 e. The van der Waals surface area contributed by atoms with Crippen molar-refractivity contribution in [1.29, 1.82) is 0 Å². The zero-order valence-electron chi connectivity index (χ0n) is 31.1. The lowest BCUT2D eigenvalue weighted by atomic mass is 9.82. The number of aromatic nitrogens is 2. The summed E-state index contributed by atoms with van der Waals surface area (Å²) in [6, 6.07) is 5.59. The van der Waals surface area contributed by atoms with E-state index in [-0.39, 0.29) is 35.5 Å². The number of fused-ring (bicyclic) bond motifs is 6. The average molecular weight is 778 g/mol. The minimum absolute atomic E-state index is 0.00334. The minimum Gasteiger partial charge on any atom is -0.493 e. The normalized spacial score (nSPS) is 24.4. The van der Waals surface area contributed by atoms with Gasteiger partial charge in [0, 0.05) is 64.3 Å². The van der Waals surface area contributed by atoms with Gasteiger partial charge in [-0.1, -0.05) is 0 Å². The summed E-state index contributed by atoms with van der Waals surface area (Å²) in [7, 11) is 1.35. The number of ether oxygens (including phenoxy) is 9. The van der Waals surface area contributed by atoms with Gasteiger partial charge >= 0.3 is 23.9 Å². The van der Waals surface area contributed by atoms with Crippen molar-refractivity contribution in [3.05, 3.63) is 65.2 Å². The Morgan fingerprint density at radius 2 is 1.50 bits per heavy atom. The van der Waals surface area contributed by atoms with Crippen LogP contribution in [-0.4, -0.2) is 108 Å². The highest BCUT2D eigenvalue weighted by molar-refractivity contribution is 6.11. The molecular weight excluding hydrogens is 738 g/mol. The number of carbonyl (C=O) groups excluding carboxylic acids is 6. The van der Waals surface area contributed by atoms with Crippen LogP contribution in [0.25, 0.3) is 0 Å². The molecule has 3 aliphatic heterocycles. The molecule has 0 saturated carbocycles. The van der Waals surface area contributed by atoms with Gasteiger partial charge in [0.1, 0.15) is 12.7 Å². The fourth-order valence-electron chi connectivity index (χ4n) is 7.61. The first-order chi connectivity index (χ1) is 26.8. The van der Waals surface area contributed by atoms with Crippen LogP contribution in [0.1, 0.15) is 77.9 Å². The van der Waals surface area contributed by atoms with Gasteiger partial charge in [0.05, 0.1) is 25.4 Å². The van der Waals surface area contributed by atoms with Crippen LogP contribution in [0.2, 0.25) is 0 Å². The highest BCUT2D eigenvalue weighted by atomic mass is 16.7. The second-order valence-electron chi connectivity index (χ2n) is 13.5. The van der Waals surface area contributed by atoms with Crippen molar-refractivity contribution in [2.24, 2.45) is 0 Å². The molecule has 1 saturated heterocycles. The van der Waals surface area contributed by atoms with E-state index in [0.717, 1.165) is 27.7 Å². The van der Waals surface area contributed by atoms with E-state index >= 15 is 0 Å². The summed E-state index contributed by atoms with van der Waals surface area (Å²) in [5.41, 5.74) is 1.50. The summed E-state index contributed by atoms with van der Waals surface area (Å²) in [6.45, 7) is 4.87. The molecule has 56 heavy (non-hydrogen) atoms. The van der Waals surface area contributed by atoms with Crippen molar-refractivity contribution in [2.45, 2.75) is 83.3 Å². The van der Waals surface area contributed by atoms with Crippen molar-refractivity contribution in [3.63, 3.8) is 0 Å². The van der Waals surface area contributed by atoms with Gasteiger partial charge in [0.15, 0.2) is 41.0 Å². The number of carbonyl (C=O) groups is 6. The number of rotatable bonds is 12. The molecule has 0 radical (unpaired) electrons. The Kier molecular flexibility index (Phi) is 10.6. The summed E-state index contributed by atoms with van der Waals surface area (Å²) in [5.74, 6) is -3.75. The number of hydrogen-bond acceptors (Lipinski definition) is 16. The number of methoxy groups -OCH3 is 1. The van der Waals surface area contributed by atoms with Gasteiger partial charge in [-0.3, -0.25) is 28.8 Å². The number of esters is 4. The Bertz CT molecular complexity index is 2070. The van der Waals surface area contributed by atoms with E-state index < -0.39 is 73.1 Å². The lowest BCUT2D eigenvalue weighted by Crippen LogP contribution is -2.63. The molecule has 2 aromatic carbocycles. The molecule has 0 spiro atoms. The van der Waals surface area contributed by atoms with Crippen LogP contribution in [0, 0.1) is 0 Å². The second-order valence-corrected chi connectivity index (χ2v) is 13.5. The molecule has 1 aromatic heterocycles. The molecule has 0 N–H and O–H groups in total. The molecule has 18 heteroatoms. The fraction of sp³-hybridized carbons (Fsp3) is 0.447. The monoisotopic (exact) mass is 777 g/mol. The third-order valence-electron chi connectivity index (χ3n) is 9.79. The van der Waals surface area contributed by atoms with Gasteiger partial charge in [-0.2, -0.15) is 0 Å². The van der Waals surface area contributed by atoms with Gasteiger partial charge in [0.25, 0.3) is 5.91 Å². The molecular formula is C38H39N3O15. The Morgan fingerprint density at radius 1 is 0.804 bits per heavy atom. The molecule has 3 aromatic rings. The Hall–Kier alpha value is -6.17. The summed E-state index contributed by atoms with van der Waals surface area (Å²) >= 11 is 0. The first-order valence-electron chi connectivity index (χ1n) is 17.8. The summed E-state index contributed by atoms with van der Waals surface area (Å²) in [6.07, 6.45) is -1.62. The minimum atomic E-state index is -1.61. The standard InChI is InChI=1S/C38H39N3O15/c1-18(42)49-15-30-34(52-19(2)43)35(53-20(3)44)36(54-21(4)45)38(56-30)55-29-11-22-25(14-26(29)48-5)37(47)41(9-6-8-40-10-7-39-16-40)32-23-12-27-28(51-17-50-27)13-24(23)33(46)31(22)32/h7,10-14,16,30-32,34-36,38H,6,8-9,15,17H2,1-5H3/t30-,31?,32?,34+,35+,36-,38-/m1/s1. The number of ketones is 1. The maximum atomic E-state index is 14.5. The molecule has 1 fully saturated rings. The molecule has 1 amide bonds. The number of amides is 1. The highest BCUT2D eigenvalue weighted by Crippen LogP contribution is 2.54. The van der Waals surface area contributed by atoms with E-state index in [0.29, 0.717) is 47.7 Å². The molecule has 1 aliphatic carbocycles. The lowest BCUT2D eigenvalue weighted by molar-refractivity contribution is -0.288. The number of hydrogen-bond donors (Lipinski definition) is 0. The van der Waals surface area contributed by atoms with Gasteiger partial charge in [-0.25, -0.2) is 4.98 Å². The Labute approximate surface area is 319 Å². The maximum Gasteiger partial charge on any atom is 0.303 e. The molecule has 18 nitrogen and oxygen atoms in total. The van der Waals surface area contributed by atoms with Gasteiger partial charge in [0.2, 0.25) is 19.2 Å². The van der Waals surface area contributed by atoms with Crippen LogP contribution in [0.3, 0.4) is 0 Å². The molecule has 4 heterocycles. The summed E-state index contributed by atoms with van der Waals surface area (Å²) in [5, 5.41) is 0. The molecule has 4 aliphatic rings. The topological polar surface area (TPSA) is 207 Å². The van der Waals surface area contributed by atoms with Crippen LogP contribution in [0.15, 0.2) is 43.0 Å². The fourth-order valence-corrected chi connectivity index (χ4v) is 7.61. The third-order valence-corrected chi connectivity index (χ3v) is 9.79. The van der Waals surface area contributed by atoms with Crippen LogP contribution in [0.5, 0.6) is 23.0 Å². The molecule has 7 atom stereocenters. The second kappa shape index (κ2) is 15.5. The first-order valence-corrected chi connectivity index (χ1v) is 17.8. The lowest BCUT2D eigenvalue weighted by Gasteiger charge is -2.44. The SMILES string of the molecule is COc1cc2c(cc1O[C@@H]1O[C@H](COC(C)=O)[C@H](OC(C)=O)[C@H](OC(C)=O)[C@H]1OC(C)=O)C1C(=O)c3cc4c(cc3C1N(CCCn1ccnc1)C2=O)OCO4. The predicted octanol–water partition coefficient (Wildman–Crippen LogP) is 2.65. The van der Waals surface area contributed by atoms with Crippen LogP contribution in [0.4, 0.5) is 0 Å². The predicted molar refractivity (Wildman–Crippen MR) is 186 cm³/mol. The molecule has 2 unspecified atom stereocenters. The van der Waals surface area contributed by atoms with Gasteiger partial charge < -0.3 is 52.1 Å². The zero-order valence-corrected chi connectivity index (χ0v) is 31.1. The van der Waals surface area contributed by atoms with Gasteiger partial charge in [-0.15, -0.1) is 0 Å². The van der Waals surface area contributed by atoms with Crippen LogP contribution >= 0.6 is 0 Å². The Morgan fingerprint density at radius 3 is 2.16 bits per heavy atom. The molecule has 7 rings (SSSR count). The van der Waals surface area contributed by atoms with E-state index in [1.54, 1.807) is 29.6 Å². The molecule has 0 bridgehead atoms. The Balaban J connectivity index is 1.29. The van der Waals surface area contributed by atoms with Crippen molar-refractivity contribution < 1.29 is 71.4 Å². The summed E-state index contributed by atoms with van der Waals surface area (Å²) in [4.78, 5) is 83.6. The van der Waals surface area contributed by atoms with E-state index in [1.807, 2.05) is 10.8 Å². The van der Waals surface area contributed by atoms with E-state index in [1.165, 1.54) is 19.2 Å². The zero-order chi connectivity index (χ0) is 39.8. The summed E-state index contributed by atoms with van der Waals surface area (Å²) < 4.78 is 53.1. The average Bonchev–Trinajstić information content (AvgIpc) is 3.90. The number of Topliss-reactive ketones (excluding diaryl/α,β-unsaturated/α-hetero) is 1. The first kappa shape index (κ1) is 38.1. The van der Waals surface area contributed by atoms with Gasteiger partial charge in [-0.05, 0) is 41.8 Å². The van der Waals surface area contributed by atoms with Crippen molar-refractivity contribution in [1.82, 2.24) is 14.5 Å².